The monoisotopic (exact) mass is 214 g/mol. The zero-order valence-electron chi connectivity index (χ0n) is 8.31. The maximum Gasteiger partial charge on any atom is 0.254 e. The van der Waals surface area contributed by atoms with Crippen molar-refractivity contribution in [3.63, 3.8) is 0 Å². The van der Waals surface area contributed by atoms with Crippen LogP contribution in [0, 0.1) is 11.6 Å². The first-order valence-corrected chi connectivity index (χ1v) is 4.53. The van der Waals surface area contributed by atoms with Gasteiger partial charge in [-0.25, -0.2) is 8.78 Å². The van der Waals surface area contributed by atoms with E-state index in [9.17, 15) is 13.6 Å². The fourth-order valence-electron chi connectivity index (χ4n) is 1.07. The van der Waals surface area contributed by atoms with Gasteiger partial charge in [-0.05, 0) is 19.2 Å². The second kappa shape index (κ2) is 5.41. The molecule has 0 heterocycles. The number of hydrogen-bond acceptors (Lipinski definition) is 2. The van der Waals surface area contributed by atoms with Gasteiger partial charge in [-0.15, -0.1) is 0 Å². The molecule has 0 fully saturated rings. The van der Waals surface area contributed by atoms with Crippen LogP contribution in [-0.4, -0.2) is 26.0 Å². The van der Waals surface area contributed by atoms with E-state index in [-0.39, 0.29) is 5.56 Å². The van der Waals surface area contributed by atoms with E-state index in [1.54, 1.807) is 7.05 Å². The number of nitrogens with one attached hydrogen (secondary N) is 2. The van der Waals surface area contributed by atoms with Crippen LogP contribution in [0.15, 0.2) is 18.2 Å². The number of hydrogen-bond donors (Lipinski definition) is 2. The zero-order valence-corrected chi connectivity index (χ0v) is 8.31. The van der Waals surface area contributed by atoms with Crippen molar-refractivity contribution in [2.75, 3.05) is 20.1 Å². The second-order valence-corrected chi connectivity index (χ2v) is 2.98. The molecule has 5 heteroatoms. The molecule has 0 unspecified atom stereocenters. The zero-order chi connectivity index (χ0) is 11.3. The summed E-state index contributed by atoms with van der Waals surface area (Å²) in [7, 11) is 1.74. The third-order valence-electron chi connectivity index (χ3n) is 1.84. The third kappa shape index (κ3) is 3.28. The predicted molar refractivity (Wildman–Crippen MR) is 52.6 cm³/mol. The molecule has 0 saturated carbocycles. The van der Waals surface area contributed by atoms with Crippen LogP contribution in [0.5, 0.6) is 0 Å². The van der Waals surface area contributed by atoms with E-state index < -0.39 is 17.5 Å². The van der Waals surface area contributed by atoms with E-state index in [1.807, 2.05) is 0 Å². The first-order valence-electron chi connectivity index (χ1n) is 4.53. The van der Waals surface area contributed by atoms with Gasteiger partial charge in [0.2, 0.25) is 0 Å². The summed E-state index contributed by atoms with van der Waals surface area (Å²) >= 11 is 0. The van der Waals surface area contributed by atoms with Crippen molar-refractivity contribution in [1.82, 2.24) is 10.6 Å². The lowest BCUT2D eigenvalue weighted by Crippen LogP contribution is -2.30. The van der Waals surface area contributed by atoms with Crippen LogP contribution in [0.3, 0.4) is 0 Å². The Bertz CT molecular complexity index is 355. The van der Waals surface area contributed by atoms with Gasteiger partial charge in [-0.3, -0.25) is 4.79 Å². The molecule has 0 aromatic heterocycles. The van der Waals surface area contributed by atoms with Crippen LogP contribution in [0.4, 0.5) is 8.78 Å². The van der Waals surface area contributed by atoms with Gasteiger partial charge in [-0.1, -0.05) is 0 Å². The number of likely N-dealkylation sites (N-methyl/N-ethyl adjacent to an activating group) is 1. The Morgan fingerprint density at radius 3 is 2.67 bits per heavy atom. The van der Waals surface area contributed by atoms with Gasteiger partial charge in [0, 0.05) is 19.2 Å². The van der Waals surface area contributed by atoms with E-state index in [2.05, 4.69) is 10.6 Å². The summed E-state index contributed by atoms with van der Waals surface area (Å²) < 4.78 is 25.6. The van der Waals surface area contributed by atoms with Crippen molar-refractivity contribution in [2.24, 2.45) is 0 Å². The Hall–Kier alpha value is -1.49. The van der Waals surface area contributed by atoms with Crippen molar-refractivity contribution >= 4 is 5.91 Å². The van der Waals surface area contributed by atoms with Crippen LogP contribution >= 0.6 is 0 Å². The number of halogens is 2. The van der Waals surface area contributed by atoms with Crippen molar-refractivity contribution in [1.29, 1.82) is 0 Å². The molecule has 3 nitrogen and oxygen atoms in total. The Kier molecular flexibility index (Phi) is 4.17. The number of rotatable bonds is 4. The van der Waals surface area contributed by atoms with Gasteiger partial charge in [0.1, 0.15) is 11.6 Å². The smallest absolute Gasteiger partial charge is 0.254 e. The lowest BCUT2D eigenvalue weighted by atomic mass is 10.2. The van der Waals surface area contributed by atoms with Crippen LogP contribution in [0.25, 0.3) is 0 Å². The highest BCUT2D eigenvalue weighted by Crippen LogP contribution is 2.08. The summed E-state index contributed by atoms with van der Waals surface area (Å²) in [6, 6.07) is 2.86. The van der Waals surface area contributed by atoms with E-state index in [0.29, 0.717) is 19.2 Å². The Morgan fingerprint density at radius 2 is 2.07 bits per heavy atom. The minimum absolute atomic E-state index is 0.146. The summed E-state index contributed by atoms with van der Waals surface area (Å²) in [5, 5.41) is 5.33. The van der Waals surface area contributed by atoms with Gasteiger partial charge in [0.15, 0.2) is 0 Å². The van der Waals surface area contributed by atoms with E-state index in [4.69, 9.17) is 0 Å². The van der Waals surface area contributed by atoms with Gasteiger partial charge < -0.3 is 10.6 Å². The molecule has 1 aromatic carbocycles. The molecule has 0 bridgehead atoms. The summed E-state index contributed by atoms with van der Waals surface area (Å²) in [5.41, 5.74) is -0.146. The lowest BCUT2D eigenvalue weighted by Gasteiger charge is -2.05. The van der Waals surface area contributed by atoms with Crippen molar-refractivity contribution in [3.05, 3.63) is 35.4 Å². The molecule has 2 N–H and O–H groups in total. The standard InChI is InChI=1S/C10H12F2N2O/c1-13-4-5-14-10(15)8-3-2-7(11)6-9(8)12/h2-3,6,13H,4-5H2,1H3,(H,14,15). The molecular weight excluding hydrogens is 202 g/mol. The number of benzene rings is 1. The first-order chi connectivity index (χ1) is 7.15. The SMILES string of the molecule is CNCCNC(=O)c1ccc(F)cc1F. The highest BCUT2D eigenvalue weighted by molar-refractivity contribution is 5.94. The molecule has 0 atom stereocenters. The van der Waals surface area contributed by atoms with E-state index in [0.717, 1.165) is 12.1 Å². The number of amides is 1. The molecule has 1 aromatic rings. The maximum absolute atomic E-state index is 13.1. The molecule has 0 radical (unpaired) electrons. The molecular formula is C10H12F2N2O. The van der Waals surface area contributed by atoms with Crippen molar-refractivity contribution in [2.45, 2.75) is 0 Å². The predicted octanol–water partition coefficient (Wildman–Crippen LogP) is 0.914. The van der Waals surface area contributed by atoms with E-state index >= 15 is 0 Å². The molecule has 0 aliphatic rings. The van der Waals surface area contributed by atoms with E-state index in [1.165, 1.54) is 0 Å². The minimum atomic E-state index is -0.850. The topological polar surface area (TPSA) is 41.1 Å². The van der Waals surface area contributed by atoms with Crippen LogP contribution in [0.2, 0.25) is 0 Å². The summed E-state index contributed by atoms with van der Waals surface area (Å²) in [4.78, 5) is 11.4. The Balaban J connectivity index is 2.65. The first kappa shape index (κ1) is 11.6. The molecule has 0 saturated heterocycles. The molecule has 15 heavy (non-hydrogen) atoms. The molecule has 1 amide bonds. The van der Waals surface area contributed by atoms with Crippen molar-refractivity contribution in [3.8, 4) is 0 Å². The molecule has 1 rings (SSSR count). The molecule has 0 aliphatic carbocycles. The van der Waals surface area contributed by atoms with Crippen LogP contribution in [-0.2, 0) is 0 Å². The average molecular weight is 214 g/mol. The van der Waals surface area contributed by atoms with Gasteiger partial charge in [-0.2, -0.15) is 0 Å². The fraction of sp³-hybridized carbons (Fsp3) is 0.300. The summed E-state index contributed by atoms with van der Waals surface area (Å²) in [6.45, 7) is 0.987. The third-order valence-corrected chi connectivity index (χ3v) is 1.84. The number of carbonyl (C=O) groups is 1. The summed E-state index contributed by atoms with van der Waals surface area (Å²) in [6.07, 6.45) is 0. The second-order valence-electron chi connectivity index (χ2n) is 2.98. The molecule has 0 aliphatic heterocycles. The fourth-order valence-corrected chi connectivity index (χ4v) is 1.07. The van der Waals surface area contributed by atoms with Gasteiger partial charge in [0.25, 0.3) is 5.91 Å². The Morgan fingerprint density at radius 1 is 1.33 bits per heavy atom. The largest absolute Gasteiger partial charge is 0.351 e. The van der Waals surface area contributed by atoms with Gasteiger partial charge in [0.05, 0.1) is 5.56 Å². The molecule has 82 valence electrons. The lowest BCUT2D eigenvalue weighted by molar-refractivity contribution is 0.0950. The maximum atomic E-state index is 13.1. The summed E-state index contributed by atoms with van der Waals surface area (Å²) in [5.74, 6) is -2.08. The minimum Gasteiger partial charge on any atom is -0.351 e. The van der Waals surface area contributed by atoms with Crippen LogP contribution < -0.4 is 10.6 Å². The van der Waals surface area contributed by atoms with Crippen LogP contribution in [0.1, 0.15) is 10.4 Å². The van der Waals surface area contributed by atoms with Crippen molar-refractivity contribution < 1.29 is 13.6 Å². The molecule has 0 spiro atoms. The highest BCUT2D eigenvalue weighted by Gasteiger charge is 2.11. The highest BCUT2D eigenvalue weighted by atomic mass is 19.1. The Labute approximate surface area is 86.5 Å². The number of carbonyl (C=O) groups excluding carboxylic acids is 1. The normalized spacial score (nSPS) is 10.1. The van der Waals surface area contributed by atoms with Gasteiger partial charge >= 0.3 is 0 Å². The average Bonchev–Trinajstić information content (AvgIpc) is 2.17. The quantitative estimate of drug-likeness (QED) is 0.731.